The summed E-state index contributed by atoms with van der Waals surface area (Å²) in [7, 11) is 0. The molecular weight excluding hydrogens is 264 g/mol. The molecule has 0 bridgehead atoms. The van der Waals surface area contributed by atoms with Crippen molar-refractivity contribution in [2.45, 2.75) is 52.4 Å². The molecule has 114 valence electrons. The van der Waals surface area contributed by atoms with E-state index < -0.39 is 5.97 Å². The Kier molecular flexibility index (Phi) is 4.71. The minimum atomic E-state index is -1.02. The number of aliphatic carboxylic acids is 1. The van der Waals surface area contributed by atoms with Crippen molar-refractivity contribution in [3.05, 3.63) is 41.7 Å². The van der Waals surface area contributed by atoms with Gasteiger partial charge in [0.1, 0.15) is 5.75 Å². The maximum Gasteiger partial charge on any atom is 0.371 e. The summed E-state index contributed by atoms with van der Waals surface area (Å²) in [5, 5.41) is 9.22. The molecule has 3 heteroatoms. The summed E-state index contributed by atoms with van der Waals surface area (Å²) in [6.07, 6.45) is 5.81. The third-order valence-corrected chi connectivity index (χ3v) is 3.59. The maximum atomic E-state index is 11.3. The summed E-state index contributed by atoms with van der Waals surface area (Å²) in [5.74, 6) is 0.276. The normalized spacial score (nSPS) is 15.9. The first-order valence-electron chi connectivity index (χ1n) is 7.56. The number of benzene rings is 1. The molecular formula is C18H24O3. The molecule has 1 N–H and O–H groups in total. The summed E-state index contributed by atoms with van der Waals surface area (Å²) in [5.41, 5.74) is 1.50. The number of ether oxygens (including phenoxy) is 1. The van der Waals surface area contributed by atoms with Gasteiger partial charge in [-0.15, -0.1) is 0 Å². The molecule has 1 fully saturated rings. The van der Waals surface area contributed by atoms with Crippen molar-refractivity contribution >= 4 is 5.97 Å². The van der Waals surface area contributed by atoms with Gasteiger partial charge < -0.3 is 9.84 Å². The largest absolute Gasteiger partial charge is 0.475 e. The van der Waals surface area contributed by atoms with E-state index in [1.807, 2.05) is 24.3 Å². The fraction of sp³-hybridized carbons (Fsp3) is 0.500. The van der Waals surface area contributed by atoms with E-state index in [1.54, 1.807) is 6.08 Å². The van der Waals surface area contributed by atoms with Gasteiger partial charge in [-0.25, -0.2) is 4.79 Å². The van der Waals surface area contributed by atoms with Crippen LogP contribution in [0.4, 0.5) is 0 Å². The van der Waals surface area contributed by atoms with E-state index in [0.717, 1.165) is 6.42 Å². The minimum Gasteiger partial charge on any atom is -0.475 e. The molecule has 0 aromatic heterocycles. The number of hydrogen-bond donors (Lipinski definition) is 1. The number of carboxylic acids is 1. The van der Waals surface area contributed by atoms with Crippen LogP contribution in [0.2, 0.25) is 0 Å². The topological polar surface area (TPSA) is 46.5 Å². The molecule has 0 heterocycles. The summed E-state index contributed by atoms with van der Waals surface area (Å²) in [6.45, 7) is 6.41. The Bertz CT molecular complexity index is 516. The zero-order valence-electron chi connectivity index (χ0n) is 13.1. The lowest BCUT2D eigenvalue weighted by atomic mass is 9.90. The van der Waals surface area contributed by atoms with E-state index in [0.29, 0.717) is 18.1 Å². The highest BCUT2D eigenvalue weighted by Crippen LogP contribution is 2.40. The number of rotatable bonds is 6. The molecule has 1 aliphatic carbocycles. The van der Waals surface area contributed by atoms with Crippen LogP contribution in [0.1, 0.15) is 57.9 Å². The van der Waals surface area contributed by atoms with Crippen molar-refractivity contribution in [1.82, 2.24) is 0 Å². The molecule has 3 nitrogen and oxygen atoms in total. The van der Waals surface area contributed by atoms with E-state index in [9.17, 15) is 9.90 Å². The number of allylic oxidation sites excluding steroid dienone is 1. The van der Waals surface area contributed by atoms with Gasteiger partial charge in [-0.05, 0) is 60.8 Å². The van der Waals surface area contributed by atoms with Crippen molar-refractivity contribution < 1.29 is 14.6 Å². The van der Waals surface area contributed by atoms with Gasteiger partial charge in [0, 0.05) is 0 Å². The van der Waals surface area contributed by atoms with Crippen LogP contribution in [0.5, 0.6) is 5.75 Å². The molecule has 0 atom stereocenters. The lowest BCUT2D eigenvalue weighted by Crippen LogP contribution is -2.09. The van der Waals surface area contributed by atoms with Crippen molar-refractivity contribution in [2.24, 2.45) is 5.41 Å². The first-order valence-corrected chi connectivity index (χ1v) is 7.56. The Hall–Kier alpha value is -1.77. The van der Waals surface area contributed by atoms with Crippen LogP contribution in [0.25, 0.3) is 0 Å². The van der Waals surface area contributed by atoms with Gasteiger partial charge in [0.15, 0.2) is 0 Å². The van der Waals surface area contributed by atoms with Gasteiger partial charge in [-0.1, -0.05) is 32.9 Å². The van der Waals surface area contributed by atoms with Gasteiger partial charge in [0.25, 0.3) is 0 Å². The monoisotopic (exact) mass is 288 g/mol. The number of carbonyl (C=O) groups is 1. The summed E-state index contributed by atoms with van der Waals surface area (Å²) in [6, 6.07) is 7.77. The number of hydrogen-bond acceptors (Lipinski definition) is 2. The second kappa shape index (κ2) is 6.33. The fourth-order valence-electron chi connectivity index (χ4n) is 2.16. The molecule has 0 amide bonds. The quantitative estimate of drug-likeness (QED) is 0.607. The molecule has 1 aromatic rings. The Morgan fingerprint density at radius 1 is 1.29 bits per heavy atom. The van der Waals surface area contributed by atoms with Crippen LogP contribution in [-0.2, 0) is 4.79 Å². The van der Waals surface area contributed by atoms with Crippen LogP contribution in [-0.4, -0.2) is 11.1 Å². The zero-order chi connectivity index (χ0) is 15.5. The summed E-state index contributed by atoms with van der Waals surface area (Å²) in [4.78, 5) is 11.3. The lowest BCUT2D eigenvalue weighted by molar-refractivity contribution is -0.135. The van der Waals surface area contributed by atoms with Crippen LogP contribution >= 0.6 is 0 Å². The van der Waals surface area contributed by atoms with E-state index in [-0.39, 0.29) is 11.2 Å². The smallest absolute Gasteiger partial charge is 0.371 e. The van der Waals surface area contributed by atoms with Crippen molar-refractivity contribution in [2.75, 3.05) is 0 Å². The van der Waals surface area contributed by atoms with Crippen LogP contribution < -0.4 is 4.74 Å². The van der Waals surface area contributed by atoms with Crippen molar-refractivity contribution in [1.29, 1.82) is 0 Å². The molecule has 0 saturated heterocycles. The number of carboxylic acid groups (broad SMARTS) is 1. The minimum absolute atomic E-state index is 0.0124. The second-order valence-electron chi connectivity index (χ2n) is 6.92. The molecule has 0 aliphatic heterocycles. The van der Waals surface area contributed by atoms with E-state index in [4.69, 9.17) is 4.74 Å². The highest BCUT2D eigenvalue weighted by atomic mass is 16.5. The predicted octanol–water partition coefficient (Wildman–Crippen LogP) is 4.74. The molecule has 1 aromatic carbocycles. The molecule has 1 aliphatic rings. The summed E-state index contributed by atoms with van der Waals surface area (Å²) < 4.78 is 5.51. The molecule has 0 unspecified atom stereocenters. The molecule has 0 radical (unpaired) electrons. The fourth-order valence-corrected chi connectivity index (χ4v) is 2.16. The molecule has 2 rings (SSSR count). The van der Waals surface area contributed by atoms with E-state index in [2.05, 4.69) is 20.8 Å². The van der Waals surface area contributed by atoms with E-state index >= 15 is 0 Å². The third kappa shape index (κ3) is 5.25. The average Bonchev–Trinajstić information content (AvgIpc) is 3.21. The lowest BCUT2D eigenvalue weighted by Gasteiger charge is -2.16. The molecule has 1 saturated carbocycles. The second-order valence-corrected chi connectivity index (χ2v) is 6.92. The summed E-state index contributed by atoms with van der Waals surface area (Å²) >= 11 is 0. The molecule has 21 heavy (non-hydrogen) atoms. The SMILES string of the molecule is CC(C)(C)CCC=C(Oc1ccc(C2CC2)cc1)C(=O)O. The van der Waals surface area contributed by atoms with Crippen LogP contribution in [0, 0.1) is 5.41 Å². The first-order chi connectivity index (χ1) is 9.85. The maximum absolute atomic E-state index is 11.3. The Balaban J connectivity index is 1.98. The van der Waals surface area contributed by atoms with Crippen molar-refractivity contribution in [3.8, 4) is 5.75 Å². The van der Waals surface area contributed by atoms with Crippen molar-refractivity contribution in [3.63, 3.8) is 0 Å². The van der Waals surface area contributed by atoms with Gasteiger partial charge in [0.2, 0.25) is 5.76 Å². The highest BCUT2D eigenvalue weighted by Gasteiger charge is 2.23. The third-order valence-electron chi connectivity index (χ3n) is 3.59. The zero-order valence-corrected chi connectivity index (χ0v) is 13.1. The average molecular weight is 288 g/mol. The van der Waals surface area contributed by atoms with Gasteiger partial charge in [-0.3, -0.25) is 0 Å². The van der Waals surface area contributed by atoms with Crippen LogP contribution in [0.15, 0.2) is 36.1 Å². The Labute approximate surface area is 126 Å². The van der Waals surface area contributed by atoms with E-state index in [1.165, 1.54) is 18.4 Å². The Morgan fingerprint density at radius 2 is 1.90 bits per heavy atom. The Morgan fingerprint density at radius 3 is 2.38 bits per heavy atom. The van der Waals surface area contributed by atoms with Crippen LogP contribution in [0.3, 0.4) is 0 Å². The van der Waals surface area contributed by atoms with Gasteiger partial charge in [-0.2, -0.15) is 0 Å². The standard InChI is InChI=1S/C18H24O3/c1-18(2,3)12-4-5-16(17(19)20)21-15-10-8-14(9-11-15)13-6-7-13/h5,8-11,13H,4,6-7,12H2,1-3H3,(H,19,20). The first kappa shape index (κ1) is 15.6. The van der Waals surface area contributed by atoms with Gasteiger partial charge in [0.05, 0.1) is 0 Å². The van der Waals surface area contributed by atoms with Gasteiger partial charge >= 0.3 is 5.97 Å². The highest BCUT2D eigenvalue weighted by molar-refractivity contribution is 5.84. The predicted molar refractivity (Wildman–Crippen MR) is 83.5 cm³/mol. The molecule has 0 spiro atoms.